The molecule has 0 N–H and O–H groups in total. The van der Waals surface area contributed by atoms with Crippen molar-refractivity contribution in [1.29, 1.82) is 0 Å². The molecule has 0 fully saturated rings. The number of hydrogen-bond donors (Lipinski definition) is 0. The van der Waals surface area contributed by atoms with Gasteiger partial charge in [0.25, 0.3) is 0 Å². The van der Waals surface area contributed by atoms with Crippen molar-refractivity contribution in [1.82, 2.24) is 4.90 Å². The van der Waals surface area contributed by atoms with Gasteiger partial charge in [-0.25, -0.2) is 0 Å². The van der Waals surface area contributed by atoms with Gasteiger partial charge in [0.05, 0.1) is 0 Å². The van der Waals surface area contributed by atoms with Gasteiger partial charge in [0.15, 0.2) is 0 Å². The van der Waals surface area contributed by atoms with Crippen molar-refractivity contribution < 1.29 is 0 Å². The largest absolute Gasteiger partial charge is 0.301 e. The number of benzene rings is 2. The summed E-state index contributed by atoms with van der Waals surface area (Å²) in [6.45, 7) is 4.01. The Hall–Kier alpha value is -1.05. The Balaban J connectivity index is 2.23. The van der Waals surface area contributed by atoms with Crippen molar-refractivity contribution in [2.45, 2.75) is 13.5 Å². The summed E-state index contributed by atoms with van der Waals surface area (Å²) >= 11 is 5.73. The highest BCUT2D eigenvalue weighted by molar-refractivity contribution is 6.18. The van der Waals surface area contributed by atoms with Crippen LogP contribution in [0.1, 0.15) is 11.1 Å². The Morgan fingerprint density at radius 1 is 1.06 bits per heavy atom. The summed E-state index contributed by atoms with van der Waals surface area (Å²) in [4.78, 5) is 2.24. The summed E-state index contributed by atoms with van der Waals surface area (Å²) in [5.74, 6) is 0.684. The molecule has 2 aromatic rings. The van der Waals surface area contributed by atoms with Crippen molar-refractivity contribution in [2.24, 2.45) is 0 Å². The van der Waals surface area contributed by atoms with Crippen LogP contribution in [0.2, 0.25) is 0 Å². The highest BCUT2D eigenvalue weighted by Gasteiger charge is 2.01. The lowest BCUT2D eigenvalue weighted by molar-refractivity contribution is 0.348. The number of hydrogen-bond acceptors (Lipinski definition) is 1. The second-order valence-electron chi connectivity index (χ2n) is 4.61. The maximum atomic E-state index is 5.73. The highest BCUT2D eigenvalue weighted by Crippen LogP contribution is 2.18. The van der Waals surface area contributed by atoms with Gasteiger partial charge in [-0.3, -0.25) is 0 Å². The van der Waals surface area contributed by atoms with Crippen LogP contribution in [0.3, 0.4) is 0 Å². The molecule has 2 rings (SSSR count). The van der Waals surface area contributed by atoms with E-state index in [-0.39, 0.29) is 0 Å². The van der Waals surface area contributed by atoms with Crippen molar-refractivity contribution in [3.05, 3.63) is 47.5 Å². The van der Waals surface area contributed by atoms with Crippen molar-refractivity contribution in [2.75, 3.05) is 19.5 Å². The van der Waals surface area contributed by atoms with Gasteiger partial charge < -0.3 is 4.90 Å². The topological polar surface area (TPSA) is 3.24 Å². The first-order valence-corrected chi connectivity index (χ1v) is 6.46. The van der Waals surface area contributed by atoms with Gasteiger partial charge in [0.1, 0.15) is 0 Å². The third-order valence-electron chi connectivity index (χ3n) is 2.98. The quantitative estimate of drug-likeness (QED) is 0.743. The molecule has 0 aliphatic heterocycles. The maximum Gasteiger partial charge on any atom is 0.0351 e. The monoisotopic (exact) mass is 247 g/mol. The number of fused-ring (bicyclic) bond motifs is 1. The van der Waals surface area contributed by atoms with Gasteiger partial charge in [-0.1, -0.05) is 35.9 Å². The zero-order valence-corrected chi connectivity index (χ0v) is 11.2. The molecule has 0 saturated carbocycles. The van der Waals surface area contributed by atoms with Gasteiger partial charge >= 0.3 is 0 Å². The molecule has 17 heavy (non-hydrogen) atoms. The van der Waals surface area contributed by atoms with Crippen LogP contribution in [0.4, 0.5) is 0 Å². The third-order valence-corrected chi connectivity index (χ3v) is 3.15. The Kier molecular flexibility index (Phi) is 4.03. The minimum Gasteiger partial charge on any atom is -0.301 e. The van der Waals surface area contributed by atoms with Crippen LogP contribution in [0.15, 0.2) is 36.4 Å². The molecule has 0 aromatic heterocycles. The lowest BCUT2D eigenvalue weighted by Gasteiger charge is -2.15. The molecular formula is C15H18ClN. The van der Waals surface area contributed by atoms with Crippen LogP contribution in [0.5, 0.6) is 0 Å². The van der Waals surface area contributed by atoms with Crippen molar-refractivity contribution in [3.8, 4) is 0 Å². The fourth-order valence-corrected chi connectivity index (χ4v) is 2.34. The zero-order valence-electron chi connectivity index (χ0n) is 10.4. The average Bonchev–Trinajstić information content (AvgIpc) is 2.29. The molecule has 0 aliphatic carbocycles. The summed E-state index contributed by atoms with van der Waals surface area (Å²) in [5.41, 5.74) is 2.65. The lowest BCUT2D eigenvalue weighted by atomic mass is 10.0. The van der Waals surface area contributed by atoms with E-state index in [2.05, 4.69) is 55.3 Å². The average molecular weight is 248 g/mol. The lowest BCUT2D eigenvalue weighted by Crippen LogP contribution is -2.19. The van der Waals surface area contributed by atoms with E-state index in [4.69, 9.17) is 11.6 Å². The smallest absolute Gasteiger partial charge is 0.0351 e. The minimum atomic E-state index is 0.684. The molecule has 2 aromatic carbocycles. The Morgan fingerprint density at radius 2 is 1.76 bits per heavy atom. The van der Waals surface area contributed by atoms with Gasteiger partial charge in [0.2, 0.25) is 0 Å². The molecule has 0 heterocycles. The number of nitrogens with zero attached hydrogens (tertiary/aromatic N) is 1. The molecule has 0 saturated heterocycles. The van der Waals surface area contributed by atoms with Crippen molar-refractivity contribution in [3.63, 3.8) is 0 Å². The van der Waals surface area contributed by atoms with Crippen LogP contribution in [-0.2, 0) is 6.54 Å². The Labute approximate surface area is 108 Å². The number of halogens is 1. The summed E-state index contributed by atoms with van der Waals surface area (Å²) in [6.07, 6.45) is 0. The van der Waals surface area contributed by atoms with Crippen LogP contribution < -0.4 is 0 Å². The molecule has 2 heteroatoms. The predicted octanol–water partition coefficient (Wildman–Crippen LogP) is 3.82. The SMILES string of the molecule is Cc1ccc2cc(CN(C)CCCl)ccc2c1. The molecular weight excluding hydrogens is 230 g/mol. The van der Waals surface area contributed by atoms with Crippen LogP contribution in [0.25, 0.3) is 10.8 Å². The van der Waals surface area contributed by atoms with Crippen LogP contribution in [-0.4, -0.2) is 24.4 Å². The van der Waals surface area contributed by atoms with Gasteiger partial charge in [-0.2, -0.15) is 0 Å². The van der Waals surface area contributed by atoms with Crippen LogP contribution >= 0.6 is 11.6 Å². The van der Waals surface area contributed by atoms with E-state index in [9.17, 15) is 0 Å². The van der Waals surface area contributed by atoms with Gasteiger partial charge in [0, 0.05) is 19.0 Å². The third kappa shape index (κ3) is 3.21. The van der Waals surface area contributed by atoms with E-state index in [1.807, 2.05) is 0 Å². The second kappa shape index (κ2) is 5.52. The Morgan fingerprint density at radius 3 is 2.53 bits per heavy atom. The molecule has 0 atom stereocenters. The fourth-order valence-electron chi connectivity index (χ4n) is 2.05. The molecule has 0 aliphatic rings. The summed E-state index contributed by atoms with van der Waals surface area (Å²) in [7, 11) is 2.10. The number of rotatable bonds is 4. The molecule has 0 amide bonds. The molecule has 0 unspecified atom stereocenters. The fraction of sp³-hybridized carbons (Fsp3) is 0.333. The van der Waals surface area contributed by atoms with E-state index >= 15 is 0 Å². The normalized spacial score (nSPS) is 11.3. The molecule has 90 valence electrons. The standard InChI is InChI=1S/C15H18ClN/c1-12-3-5-15-10-13(4-6-14(15)9-12)11-17(2)8-7-16/h3-6,9-10H,7-8,11H2,1-2H3. The van der Waals surface area contributed by atoms with E-state index in [1.54, 1.807) is 0 Å². The summed E-state index contributed by atoms with van der Waals surface area (Å²) < 4.78 is 0. The van der Waals surface area contributed by atoms with Gasteiger partial charge in [-0.05, 0) is 36.4 Å². The van der Waals surface area contributed by atoms with E-state index in [0.717, 1.165) is 13.1 Å². The summed E-state index contributed by atoms with van der Waals surface area (Å²) in [6, 6.07) is 13.2. The molecule has 0 radical (unpaired) electrons. The minimum absolute atomic E-state index is 0.684. The molecule has 1 nitrogen and oxygen atoms in total. The number of alkyl halides is 1. The number of aryl methyl sites for hydroxylation is 1. The van der Waals surface area contributed by atoms with Gasteiger partial charge in [-0.15, -0.1) is 11.6 Å². The molecule has 0 bridgehead atoms. The van der Waals surface area contributed by atoms with Crippen LogP contribution in [0, 0.1) is 6.92 Å². The highest BCUT2D eigenvalue weighted by atomic mass is 35.5. The van der Waals surface area contributed by atoms with E-state index in [0.29, 0.717) is 5.88 Å². The Bertz CT molecular complexity index is 507. The second-order valence-corrected chi connectivity index (χ2v) is 4.99. The molecule has 0 spiro atoms. The first-order chi connectivity index (χ1) is 8.19. The van der Waals surface area contributed by atoms with E-state index in [1.165, 1.54) is 21.9 Å². The summed E-state index contributed by atoms with van der Waals surface area (Å²) in [5, 5.41) is 2.63. The van der Waals surface area contributed by atoms with E-state index < -0.39 is 0 Å². The predicted molar refractivity (Wildman–Crippen MR) is 75.7 cm³/mol. The first-order valence-electron chi connectivity index (χ1n) is 5.93. The zero-order chi connectivity index (χ0) is 12.3. The maximum absolute atomic E-state index is 5.73. The first kappa shape index (κ1) is 12.4. The van der Waals surface area contributed by atoms with Crippen molar-refractivity contribution >= 4 is 22.4 Å².